The van der Waals surface area contributed by atoms with Crippen LogP contribution in [0.25, 0.3) is 0 Å². The highest BCUT2D eigenvalue weighted by molar-refractivity contribution is 6.36. The van der Waals surface area contributed by atoms with E-state index < -0.39 is 6.04 Å². The number of para-hydroxylation sites is 2. The van der Waals surface area contributed by atoms with Gasteiger partial charge in [0, 0.05) is 28.2 Å². The lowest BCUT2D eigenvalue weighted by Crippen LogP contribution is -2.50. The fourth-order valence-corrected chi connectivity index (χ4v) is 3.38. The van der Waals surface area contributed by atoms with Crippen LogP contribution in [0.5, 0.6) is 11.5 Å². The van der Waals surface area contributed by atoms with Crippen molar-refractivity contribution in [2.75, 3.05) is 13.7 Å². The van der Waals surface area contributed by atoms with Gasteiger partial charge < -0.3 is 19.7 Å². The summed E-state index contributed by atoms with van der Waals surface area (Å²) in [4.78, 5) is 27.3. The smallest absolute Gasteiger partial charge is 0.261 e. The van der Waals surface area contributed by atoms with E-state index in [2.05, 4.69) is 5.32 Å². The number of benzene rings is 2. The van der Waals surface area contributed by atoms with Crippen molar-refractivity contribution in [3.8, 4) is 11.5 Å². The van der Waals surface area contributed by atoms with Gasteiger partial charge in [0.05, 0.1) is 7.11 Å². The van der Waals surface area contributed by atoms with Crippen LogP contribution >= 0.6 is 23.2 Å². The summed E-state index contributed by atoms with van der Waals surface area (Å²) in [5.41, 5.74) is 0.569. The summed E-state index contributed by atoms with van der Waals surface area (Å²) in [6.45, 7) is 5.35. The molecule has 0 aliphatic rings. The van der Waals surface area contributed by atoms with Crippen LogP contribution in [0.3, 0.4) is 0 Å². The SMILES string of the molecule is CC[C@@H](C)NC(=O)[C@H](C)N(Cc1c(Cl)cccc1Cl)C(=O)COc1ccccc1OC. The topological polar surface area (TPSA) is 67.9 Å². The van der Waals surface area contributed by atoms with Gasteiger partial charge in [0.2, 0.25) is 5.91 Å². The lowest BCUT2D eigenvalue weighted by molar-refractivity contribution is -0.142. The van der Waals surface area contributed by atoms with Crippen LogP contribution in [0.15, 0.2) is 42.5 Å². The normalized spacial score (nSPS) is 12.6. The summed E-state index contributed by atoms with van der Waals surface area (Å²) in [5, 5.41) is 3.76. The molecule has 2 amide bonds. The average molecular weight is 467 g/mol. The van der Waals surface area contributed by atoms with Crippen LogP contribution in [-0.2, 0) is 16.1 Å². The van der Waals surface area contributed by atoms with Crippen LogP contribution < -0.4 is 14.8 Å². The molecular formula is C23H28Cl2N2O4. The van der Waals surface area contributed by atoms with Crippen molar-refractivity contribution < 1.29 is 19.1 Å². The predicted octanol–water partition coefficient (Wildman–Crippen LogP) is 4.71. The lowest BCUT2D eigenvalue weighted by Gasteiger charge is -2.30. The maximum absolute atomic E-state index is 13.1. The molecule has 0 bridgehead atoms. The van der Waals surface area contributed by atoms with E-state index in [0.29, 0.717) is 27.1 Å². The lowest BCUT2D eigenvalue weighted by atomic mass is 10.1. The number of hydrogen-bond acceptors (Lipinski definition) is 4. The van der Waals surface area contributed by atoms with Gasteiger partial charge in [-0.25, -0.2) is 0 Å². The molecule has 0 aliphatic heterocycles. The first-order valence-corrected chi connectivity index (χ1v) is 10.8. The molecule has 6 nitrogen and oxygen atoms in total. The van der Waals surface area contributed by atoms with Gasteiger partial charge in [-0.1, -0.05) is 48.3 Å². The zero-order valence-electron chi connectivity index (χ0n) is 18.2. The van der Waals surface area contributed by atoms with Gasteiger partial charge in [-0.05, 0) is 44.5 Å². The number of carbonyl (C=O) groups excluding carboxylic acids is 2. The molecule has 0 saturated carbocycles. The van der Waals surface area contributed by atoms with Crippen LogP contribution in [0.4, 0.5) is 0 Å². The summed E-state index contributed by atoms with van der Waals surface area (Å²) < 4.78 is 10.9. The molecule has 2 aromatic rings. The third-order valence-corrected chi connectivity index (χ3v) is 5.69. The van der Waals surface area contributed by atoms with Gasteiger partial charge in [0.15, 0.2) is 18.1 Å². The van der Waals surface area contributed by atoms with E-state index in [4.69, 9.17) is 32.7 Å². The fourth-order valence-electron chi connectivity index (χ4n) is 2.86. The molecule has 0 spiro atoms. The molecule has 0 radical (unpaired) electrons. The zero-order valence-corrected chi connectivity index (χ0v) is 19.7. The molecule has 8 heteroatoms. The van der Waals surface area contributed by atoms with Gasteiger partial charge in [-0.2, -0.15) is 0 Å². The second-order valence-corrected chi connectivity index (χ2v) is 7.97. The molecule has 168 valence electrons. The average Bonchev–Trinajstić information content (AvgIpc) is 2.76. The van der Waals surface area contributed by atoms with Crippen molar-refractivity contribution in [3.63, 3.8) is 0 Å². The molecule has 0 heterocycles. The molecule has 0 fully saturated rings. The first-order valence-electron chi connectivity index (χ1n) is 10.1. The third-order valence-electron chi connectivity index (χ3n) is 4.98. The van der Waals surface area contributed by atoms with Gasteiger partial charge in [-0.3, -0.25) is 9.59 Å². The predicted molar refractivity (Wildman–Crippen MR) is 123 cm³/mol. The van der Waals surface area contributed by atoms with Crippen molar-refractivity contribution in [3.05, 3.63) is 58.1 Å². The number of amides is 2. The Morgan fingerprint density at radius 3 is 2.23 bits per heavy atom. The van der Waals surface area contributed by atoms with E-state index in [9.17, 15) is 9.59 Å². The van der Waals surface area contributed by atoms with E-state index in [0.717, 1.165) is 6.42 Å². The molecule has 2 aromatic carbocycles. The van der Waals surface area contributed by atoms with E-state index in [-0.39, 0.29) is 31.0 Å². The van der Waals surface area contributed by atoms with Crippen LogP contribution in [0.1, 0.15) is 32.8 Å². The highest BCUT2D eigenvalue weighted by Gasteiger charge is 2.28. The Labute approximate surface area is 193 Å². The van der Waals surface area contributed by atoms with Crippen molar-refractivity contribution >= 4 is 35.0 Å². The molecule has 2 atom stereocenters. The minimum atomic E-state index is -0.755. The minimum absolute atomic E-state index is 0.0133. The highest BCUT2D eigenvalue weighted by atomic mass is 35.5. The summed E-state index contributed by atoms with van der Waals surface area (Å²) in [6, 6.07) is 11.4. The molecule has 0 unspecified atom stereocenters. The molecule has 1 N–H and O–H groups in total. The summed E-state index contributed by atoms with van der Waals surface area (Å²) in [6.07, 6.45) is 0.777. The molecule has 31 heavy (non-hydrogen) atoms. The van der Waals surface area contributed by atoms with Crippen molar-refractivity contribution in [2.24, 2.45) is 0 Å². The quantitative estimate of drug-likeness (QED) is 0.550. The van der Waals surface area contributed by atoms with Crippen LogP contribution in [0.2, 0.25) is 10.0 Å². The Kier molecular flexibility index (Phi) is 9.46. The highest BCUT2D eigenvalue weighted by Crippen LogP contribution is 2.28. The van der Waals surface area contributed by atoms with E-state index in [1.165, 1.54) is 12.0 Å². The number of halogens is 2. The van der Waals surface area contributed by atoms with Crippen molar-refractivity contribution in [1.82, 2.24) is 10.2 Å². The van der Waals surface area contributed by atoms with Gasteiger partial charge >= 0.3 is 0 Å². The Balaban J connectivity index is 2.25. The maximum atomic E-state index is 13.1. The zero-order chi connectivity index (χ0) is 23.0. The van der Waals surface area contributed by atoms with Crippen molar-refractivity contribution in [2.45, 2.75) is 45.8 Å². The Morgan fingerprint density at radius 2 is 1.65 bits per heavy atom. The summed E-state index contributed by atoms with van der Waals surface area (Å²) in [7, 11) is 1.52. The van der Waals surface area contributed by atoms with Gasteiger partial charge in [0.1, 0.15) is 6.04 Å². The van der Waals surface area contributed by atoms with E-state index in [1.807, 2.05) is 13.8 Å². The molecule has 0 aromatic heterocycles. The van der Waals surface area contributed by atoms with Crippen molar-refractivity contribution in [1.29, 1.82) is 0 Å². The second kappa shape index (κ2) is 11.8. The number of nitrogens with zero attached hydrogens (tertiary/aromatic N) is 1. The summed E-state index contributed by atoms with van der Waals surface area (Å²) in [5.74, 6) is 0.307. The number of ether oxygens (including phenoxy) is 2. The Bertz CT molecular complexity index is 887. The first kappa shape index (κ1) is 24.8. The number of rotatable bonds is 10. The first-order chi connectivity index (χ1) is 14.8. The number of methoxy groups -OCH3 is 1. The number of carbonyl (C=O) groups is 2. The molecular weight excluding hydrogens is 439 g/mol. The largest absolute Gasteiger partial charge is 0.493 e. The van der Waals surface area contributed by atoms with Crippen LogP contribution in [0, 0.1) is 0 Å². The monoisotopic (exact) mass is 466 g/mol. The molecule has 0 aliphatic carbocycles. The van der Waals surface area contributed by atoms with E-state index in [1.54, 1.807) is 49.4 Å². The fraction of sp³-hybridized carbons (Fsp3) is 0.391. The second-order valence-electron chi connectivity index (χ2n) is 7.16. The summed E-state index contributed by atoms with van der Waals surface area (Å²) >= 11 is 12.6. The number of hydrogen-bond donors (Lipinski definition) is 1. The van der Waals surface area contributed by atoms with Gasteiger partial charge in [-0.15, -0.1) is 0 Å². The van der Waals surface area contributed by atoms with Crippen LogP contribution in [-0.4, -0.2) is 42.5 Å². The standard InChI is InChI=1S/C23H28Cl2N2O4/c1-5-15(2)26-23(29)16(3)27(13-17-18(24)9-8-10-19(17)25)22(28)14-31-21-12-7-6-11-20(21)30-4/h6-12,15-16H,5,13-14H2,1-4H3,(H,26,29)/t15-,16+/m1/s1. The molecule has 0 saturated heterocycles. The van der Waals surface area contributed by atoms with E-state index >= 15 is 0 Å². The maximum Gasteiger partial charge on any atom is 0.261 e. The Morgan fingerprint density at radius 1 is 1.03 bits per heavy atom. The van der Waals surface area contributed by atoms with Gasteiger partial charge in [0.25, 0.3) is 5.91 Å². The molecule has 2 rings (SSSR count). The minimum Gasteiger partial charge on any atom is -0.493 e. The third kappa shape index (κ3) is 6.77. The number of nitrogens with one attached hydrogen (secondary N) is 1. The Hall–Kier alpha value is -2.44.